The fraction of sp³-hybridized carbons (Fsp3) is 0.343. The molecule has 0 spiro atoms. The molecule has 6 rings (SSSR count). The Morgan fingerprint density at radius 3 is 2.19 bits per heavy atom. The van der Waals surface area contributed by atoms with Crippen molar-refractivity contribution in [2.45, 2.75) is 38.9 Å². The van der Waals surface area contributed by atoms with E-state index in [-0.39, 0.29) is 29.4 Å². The lowest BCUT2D eigenvalue weighted by Crippen LogP contribution is -2.48. The van der Waals surface area contributed by atoms with Crippen molar-refractivity contribution >= 4 is 34.4 Å². The SMILES string of the molecule is Cc1ccc(CN2CCN(C(=O)c3ccc4oc(C(=O)NC5CCN(Cc6ccc(C#N)cc6)CC5)cc4c3)CC2)cc1F.O=S=O. The van der Waals surface area contributed by atoms with Gasteiger partial charge >= 0.3 is 11.6 Å². The molecule has 2 aliphatic heterocycles. The predicted molar refractivity (Wildman–Crippen MR) is 174 cm³/mol. The first kappa shape index (κ1) is 33.7. The number of furan rings is 1. The highest BCUT2D eigenvalue weighted by Gasteiger charge is 2.25. The Morgan fingerprint density at radius 2 is 1.53 bits per heavy atom. The number of nitrogens with zero attached hydrogens (tertiary/aromatic N) is 4. The van der Waals surface area contributed by atoms with Crippen LogP contribution in [-0.2, 0) is 24.7 Å². The number of amides is 2. The summed E-state index contributed by atoms with van der Waals surface area (Å²) < 4.78 is 36.4. The first-order valence-corrected chi connectivity index (χ1v) is 16.2. The van der Waals surface area contributed by atoms with Crippen LogP contribution < -0.4 is 5.32 Å². The zero-order valence-electron chi connectivity index (χ0n) is 26.1. The lowest BCUT2D eigenvalue weighted by molar-refractivity contribution is 0.0628. The summed E-state index contributed by atoms with van der Waals surface area (Å²) in [5.41, 5.74) is 4.54. The van der Waals surface area contributed by atoms with Crippen LogP contribution in [0, 0.1) is 24.1 Å². The summed E-state index contributed by atoms with van der Waals surface area (Å²) in [6.45, 7) is 7.59. The van der Waals surface area contributed by atoms with E-state index in [4.69, 9.17) is 18.1 Å². The van der Waals surface area contributed by atoms with E-state index < -0.39 is 11.6 Å². The maximum Gasteiger partial charge on any atom is 0.335 e. The van der Waals surface area contributed by atoms with Gasteiger partial charge in [-0.1, -0.05) is 24.3 Å². The maximum absolute atomic E-state index is 13.9. The number of nitrogens with one attached hydrogen (secondary N) is 1. The first-order chi connectivity index (χ1) is 22.8. The number of fused-ring (bicyclic) bond motifs is 1. The summed E-state index contributed by atoms with van der Waals surface area (Å²) in [7, 11) is 0. The number of carbonyl (C=O) groups is 2. The Morgan fingerprint density at radius 1 is 0.894 bits per heavy atom. The molecule has 0 atom stereocenters. The zero-order chi connectivity index (χ0) is 33.3. The van der Waals surface area contributed by atoms with Gasteiger partial charge in [0.2, 0.25) is 0 Å². The van der Waals surface area contributed by atoms with Gasteiger partial charge in [-0.25, -0.2) is 4.39 Å². The van der Waals surface area contributed by atoms with E-state index in [1.165, 1.54) is 5.56 Å². The van der Waals surface area contributed by atoms with Crippen molar-refractivity contribution in [3.8, 4) is 6.07 Å². The zero-order valence-corrected chi connectivity index (χ0v) is 26.9. The highest BCUT2D eigenvalue weighted by atomic mass is 32.1. The van der Waals surface area contributed by atoms with Crippen LogP contribution in [0.1, 0.15) is 56.0 Å². The molecule has 0 saturated carbocycles. The highest BCUT2D eigenvalue weighted by molar-refractivity contribution is 7.51. The minimum atomic E-state index is -0.750. The van der Waals surface area contributed by atoms with Crippen molar-refractivity contribution in [3.05, 3.63) is 106 Å². The quantitative estimate of drug-likeness (QED) is 0.309. The van der Waals surface area contributed by atoms with Crippen LogP contribution in [0.5, 0.6) is 0 Å². The maximum atomic E-state index is 13.9. The largest absolute Gasteiger partial charge is 0.451 e. The molecular weight excluding hydrogens is 621 g/mol. The number of halogens is 1. The van der Waals surface area contributed by atoms with Crippen molar-refractivity contribution in [1.82, 2.24) is 20.0 Å². The average Bonchev–Trinajstić information content (AvgIpc) is 3.52. The normalized spacial score (nSPS) is 15.8. The van der Waals surface area contributed by atoms with Crippen LogP contribution in [0.3, 0.4) is 0 Å². The van der Waals surface area contributed by atoms with Gasteiger partial charge in [0.15, 0.2) is 5.76 Å². The first-order valence-electron chi connectivity index (χ1n) is 15.5. The highest BCUT2D eigenvalue weighted by Crippen LogP contribution is 2.23. The van der Waals surface area contributed by atoms with Gasteiger partial charge in [0.1, 0.15) is 11.4 Å². The van der Waals surface area contributed by atoms with Gasteiger partial charge in [-0.05, 0) is 78.9 Å². The Labute approximate surface area is 276 Å². The molecule has 0 aliphatic carbocycles. The van der Waals surface area contributed by atoms with Crippen LogP contribution in [0.25, 0.3) is 11.0 Å². The van der Waals surface area contributed by atoms with Crippen LogP contribution in [0.15, 0.2) is 71.1 Å². The molecule has 0 radical (unpaired) electrons. The summed E-state index contributed by atoms with van der Waals surface area (Å²) in [4.78, 5) is 32.8. The average molecular weight is 658 g/mol. The lowest BCUT2D eigenvalue weighted by Gasteiger charge is -2.34. The molecular formula is C35H36FN5O5S. The van der Waals surface area contributed by atoms with E-state index in [0.717, 1.165) is 43.4 Å². The molecule has 2 aliphatic rings. The number of nitriles is 1. The van der Waals surface area contributed by atoms with Crippen molar-refractivity contribution in [1.29, 1.82) is 5.26 Å². The molecule has 244 valence electrons. The number of carbonyl (C=O) groups excluding carboxylic acids is 2. The van der Waals surface area contributed by atoms with Gasteiger partial charge in [0.25, 0.3) is 11.8 Å². The fourth-order valence-corrected chi connectivity index (χ4v) is 6.01. The van der Waals surface area contributed by atoms with E-state index >= 15 is 0 Å². The van der Waals surface area contributed by atoms with Gasteiger partial charge in [-0.2, -0.15) is 13.7 Å². The van der Waals surface area contributed by atoms with Gasteiger partial charge in [-0.15, -0.1) is 0 Å². The van der Waals surface area contributed by atoms with Crippen LogP contribution >= 0.6 is 0 Å². The number of rotatable bonds is 7. The molecule has 1 N–H and O–H groups in total. The standard InChI is InChI=1S/C35H36FN5O3.O2S/c1-24-2-3-27(18-31(24)36)23-40-14-16-41(17-15-40)35(43)28-8-9-32-29(19-28)20-33(44-32)34(42)38-30-10-12-39(13-11-30)22-26-6-4-25(21-37)5-7-26;1-3-2/h2-9,18-20,30H,10-17,22-23H2,1H3,(H,38,42);. The molecule has 3 heterocycles. The predicted octanol–water partition coefficient (Wildman–Crippen LogP) is 4.43. The van der Waals surface area contributed by atoms with Gasteiger partial charge in [0, 0.05) is 69.3 Å². The molecule has 2 fully saturated rings. The third-order valence-electron chi connectivity index (χ3n) is 8.70. The number of piperidine rings is 1. The summed E-state index contributed by atoms with van der Waals surface area (Å²) in [5.74, 6) is -0.243. The van der Waals surface area contributed by atoms with Gasteiger partial charge in [0.05, 0.1) is 11.6 Å². The Hall–Kier alpha value is -4.70. The van der Waals surface area contributed by atoms with Crippen LogP contribution in [0.2, 0.25) is 0 Å². The molecule has 47 heavy (non-hydrogen) atoms. The van der Waals surface area contributed by atoms with Gasteiger partial charge < -0.3 is 14.6 Å². The van der Waals surface area contributed by atoms with Crippen molar-refractivity contribution < 1.29 is 26.8 Å². The van der Waals surface area contributed by atoms with Crippen LogP contribution in [0.4, 0.5) is 4.39 Å². The minimum Gasteiger partial charge on any atom is -0.451 e. The number of benzene rings is 3. The summed E-state index contributed by atoms with van der Waals surface area (Å²) >= 11 is -0.750. The van der Waals surface area contributed by atoms with Crippen molar-refractivity contribution in [2.75, 3.05) is 39.3 Å². The fourth-order valence-electron chi connectivity index (χ4n) is 6.01. The molecule has 3 aromatic carbocycles. The molecule has 10 nitrogen and oxygen atoms in total. The number of hydrogen-bond acceptors (Lipinski definition) is 8. The topological polar surface area (TPSA) is 127 Å². The van der Waals surface area contributed by atoms with Gasteiger partial charge in [-0.3, -0.25) is 19.4 Å². The molecule has 0 unspecified atom stereocenters. The molecule has 12 heteroatoms. The number of hydrogen-bond donors (Lipinski definition) is 1. The smallest absolute Gasteiger partial charge is 0.335 e. The third-order valence-corrected chi connectivity index (χ3v) is 8.70. The van der Waals surface area contributed by atoms with Crippen molar-refractivity contribution in [2.24, 2.45) is 0 Å². The number of aryl methyl sites for hydroxylation is 1. The Balaban J connectivity index is 0.00000139. The summed E-state index contributed by atoms with van der Waals surface area (Å²) in [6.07, 6.45) is 1.69. The van der Waals surface area contributed by atoms with E-state index in [2.05, 4.69) is 21.2 Å². The Kier molecular flexibility index (Phi) is 11.3. The minimum absolute atomic E-state index is 0.0482. The molecule has 2 saturated heterocycles. The van der Waals surface area contributed by atoms with Crippen LogP contribution in [-0.4, -0.2) is 80.2 Å². The second-order valence-corrected chi connectivity index (χ2v) is 12.1. The number of piperazine rings is 1. The number of likely N-dealkylation sites (tertiary alicyclic amines) is 1. The molecule has 0 bridgehead atoms. The van der Waals surface area contributed by atoms with Crippen molar-refractivity contribution in [3.63, 3.8) is 0 Å². The Bertz CT molecular complexity index is 1800. The molecule has 4 aromatic rings. The summed E-state index contributed by atoms with van der Waals surface area (Å²) in [5, 5.41) is 12.8. The molecule has 2 amide bonds. The van der Waals surface area contributed by atoms with E-state index in [0.29, 0.717) is 55.0 Å². The lowest BCUT2D eigenvalue weighted by atomic mass is 10.0. The summed E-state index contributed by atoms with van der Waals surface area (Å²) in [6, 6.07) is 22.2. The van der Waals surface area contributed by atoms with E-state index in [1.54, 1.807) is 43.3 Å². The second kappa shape index (κ2) is 15.7. The second-order valence-electron chi connectivity index (χ2n) is 11.9. The third kappa shape index (κ3) is 8.77. The van der Waals surface area contributed by atoms with E-state index in [1.807, 2.05) is 35.2 Å². The van der Waals surface area contributed by atoms with E-state index in [9.17, 15) is 14.0 Å². The monoisotopic (exact) mass is 657 g/mol. The molecule has 1 aromatic heterocycles.